The predicted octanol–water partition coefficient (Wildman–Crippen LogP) is 2.43. The molecule has 1 saturated heterocycles. The number of halogens is 2. The first-order chi connectivity index (χ1) is 9.81. The number of nitrogens with zero attached hydrogens (tertiary/aromatic N) is 1. The van der Waals surface area contributed by atoms with Gasteiger partial charge in [0.2, 0.25) is 0 Å². The van der Waals surface area contributed by atoms with Crippen LogP contribution in [0.1, 0.15) is 18.0 Å². The topological polar surface area (TPSA) is 33.7 Å². The molecule has 1 atom stereocenters. The van der Waals surface area contributed by atoms with Crippen molar-refractivity contribution in [3.8, 4) is 11.5 Å². The van der Waals surface area contributed by atoms with Gasteiger partial charge < -0.3 is 14.8 Å². The monoisotopic (exact) mass is 318 g/mol. The molecular formula is C15H24ClFN2O2. The predicted molar refractivity (Wildman–Crippen MR) is 84.6 cm³/mol. The molecule has 6 heteroatoms. The number of ether oxygens (including phenoxy) is 2. The molecule has 1 aromatic carbocycles. The van der Waals surface area contributed by atoms with E-state index >= 15 is 0 Å². The Morgan fingerprint density at radius 2 is 1.95 bits per heavy atom. The molecule has 0 aliphatic carbocycles. The third-order valence-corrected chi connectivity index (χ3v) is 3.77. The summed E-state index contributed by atoms with van der Waals surface area (Å²) in [5, 5.41) is 3.32. The van der Waals surface area contributed by atoms with E-state index in [9.17, 15) is 4.39 Å². The number of nitrogens with one attached hydrogen (secondary N) is 1. The molecule has 1 aliphatic rings. The molecule has 1 heterocycles. The Kier molecular flexibility index (Phi) is 7.78. The van der Waals surface area contributed by atoms with Crippen LogP contribution in [-0.2, 0) is 0 Å². The van der Waals surface area contributed by atoms with E-state index in [1.807, 2.05) is 18.2 Å². The number of hydrogen-bond donors (Lipinski definition) is 1. The molecule has 0 amide bonds. The van der Waals surface area contributed by atoms with Crippen molar-refractivity contribution in [2.24, 2.45) is 0 Å². The molecule has 0 spiro atoms. The van der Waals surface area contributed by atoms with Crippen molar-refractivity contribution in [1.82, 2.24) is 10.2 Å². The average molecular weight is 319 g/mol. The van der Waals surface area contributed by atoms with Gasteiger partial charge in [0, 0.05) is 37.8 Å². The Labute approximate surface area is 132 Å². The van der Waals surface area contributed by atoms with Crippen LogP contribution in [0.15, 0.2) is 18.2 Å². The van der Waals surface area contributed by atoms with Crippen molar-refractivity contribution in [2.75, 3.05) is 47.1 Å². The Balaban J connectivity index is 0.00000220. The fourth-order valence-electron chi connectivity index (χ4n) is 2.81. The van der Waals surface area contributed by atoms with Gasteiger partial charge in [-0.25, -0.2) is 0 Å². The summed E-state index contributed by atoms with van der Waals surface area (Å²) in [4.78, 5) is 2.31. The summed E-state index contributed by atoms with van der Waals surface area (Å²) in [6.07, 6.45) is 0.476. The minimum atomic E-state index is -0.338. The zero-order valence-electron chi connectivity index (χ0n) is 12.6. The molecule has 0 saturated carbocycles. The highest BCUT2D eigenvalue weighted by atomic mass is 35.5. The number of para-hydroxylation sites is 1. The van der Waals surface area contributed by atoms with Crippen LogP contribution in [0.25, 0.3) is 0 Å². The van der Waals surface area contributed by atoms with Crippen molar-refractivity contribution in [2.45, 2.75) is 12.5 Å². The maximum atomic E-state index is 13.0. The summed E-state index contributed by atoms with van der Waals surface area (Å²) >= 11 is 0. The molecule has 0 aromatic heterocycles. The molecule has 1 aliphatic heterocycles. The van der Waals surface area contributed by atoms with Crippen molar-refractivity contribution in [3.63, 3.8) is 0 Å². The van der Waals surface area contributed by atoms with Gasteiger partial charge in [0.15, 0.2) is 11.5 Å². The van der Waals surface area contributed by atoms with Gasteiger partial charge in [0.05, 0.1) is 20.9 Å². The molecule has 1 aromatic rings. The summed E-state index contributed by atoms with van der Waals surface area (Å²) in [5.41, 5.74) is 1.01. The highest BCUT2D eigenvalue weighted by Gasteiger charge is 2.26. The standard InChI is InChI=1S/C15H23FN2O2.ClH/c1-19-14-5-3-4-12(15(14)20-2)13(6-7-16)18-10-8-17-9-11-18;/h3-5,13,17H,6-11H2,1-2H3;1H/t13-;/m0./s1. The molecule has 0 unspecified atom stereocenters. The molecule has 1 N–H and O–H groups in total. The third kappa shape index (κ3) is 4.22. The van der Waals surface area contributed by atoms with Gasteiger partial charge in [-0.2, -0.15) is 0 Å². The molecule has 120 valence electrons. The fourth-order valence-corrected chi connectivity index (χ4v) is 2.81. The molecule has 1 fully saturated rings. The maximum Gasteiger partial charge on any atom is 0.165 e. The van der Waals surface area contributed by atoms with Gasteiger partial charge >= 0.3 is 0 Å². The van der Waals surface area contributed by atoms with Crippen LogP contribution in [-0.4, -0.2) is 52.0 Å². The Morgan fingerprint density at radius 3 is 2.52 bits per heavy atom. The Morgan fingerprint density at radius 1 is 1.24 bits per heavy atom. The number of methoxy groups -OCH3 is 2. The van der Waals surface area contributed by atoms with Crippen molar-refractivity contribution in [3.05, 3.63) is 23.8 Å². The summed E-state index contributed by atoms with van der Waals surface area (Å²) in [6.45, 7) is 3.38. The van der Waals surface area contributed by atoms with Gasteiger partial charge in [-0.05, 0) is 12.5 Å². The number of alkyl halides is 1. The highest BCUT2D eigenvalue weighted by molar-refractivity contribution is 5.85. The highest BCUT2D eigenvalue weighted by Crippen LogP contribution is 2.38. The third-order valence-electron chi connectivity index (χ3n) is 3.77. The van der Waals surface area contributed by atoms with E-state index < -0.39 is 0 Å². The van der Waals surface area contributed by atoms with Crippen LogP contribution in [0.2, 0.25) is 0 Å². The molecular weight excluding hydrogens is 295 g/mol. The lowest BCUT2D eigenvalue weighted by Crippen LogP contribution is -2.45. The molecule has 0 radical (unpaired) electrons. The Bertz CT molecular complexity index is 428. The van der Waals surface area contributed by atoms with Crippen LogP contribution >= 0.6 is 12.4 Å². The summed E-state index contributed by atoms with van der Waals surface area (Å²) in [5.74, 6) is 1.41. The van der Waals surface area contributed by atoms with E-state index in [-0.39, 0.29) is 25.1 Å². The van der Waals surface area contributed by atoms with Gasteiger partial charge in [0.25, 0.3) is 0 Å². The van der Waals surface area contributed by atoms with Gasteiger partial charge in [-0.3, -0.25) is 9.29 Å². The summed E-state index contributed by atoms with van der Waals surface area (Å²) in [6, 6.07) is 5.84. The minimum Gasteiger partial charge on any atom is -0.493 e. The van der Waals surface area contributed by atoms with Crippen LogP contribution < -0.4 is 14.8 Å². The van der Waals surface area contributed by atoms with E-state index in [0.29, 0.717) is 17.9 Å². The van der Waals surface area contributed by atoms with Crippen LogP contribution in [0, 0.1) is 0 Å². The van der Waals surface area contributed by atoms with Gasteiger partial charge in [-0.1, -0.05) is 12.1 Å². The van der Waals surface area contributed by atoms with Crippen LogP contribution in [0.4, 0.5) is 4.39 Å². The lowest BCUT2D eigenvalue weighted by atomic mass is 10.00. The largest absolute Gasteiger partial charge is 0.493 e. The van der Waals surface area contributed by atoms with E-state index in [0.717, 1.165) is 31.7 Å². The summed E-state index contributed by atoms with van der Waals surface area (Å²) in [7, 11) is 3.25. The van der Waals surface area contributed by atoms with E-state index in [1.54, 1.807) is 14.2 Å². The molecule has 21 heavy (non-hydrogen) atoms. The van der Waals surface area contributed by atoms with E-state index in [4.69, 9.17) is 9.47 Å². The van der Waals surface area contributed by atoms with E-state index in [2.05, 4.69) is 10.2 Å². The first kappa shape index (κ1) is 18.0. The minimum absolute atomic E-state index is 0. The quantitative estimate of drug-likeness (QED) is 0.873. The first-order valence-electron chi connectivity index (χ1n) is 7.03. The van der Waals surface area contributed by atoms with Crippen molar-refractivity contribution < 1.29 is 13.9 Å². The summed E-state index contributed by atoms with van der Waals surface area (Å²) < 4.78 is 23.8. The number of piperazine rings is 1. The molecule has 2 rings (SSSR count). The van der Waals surface area contributed by atoms with Gasteiger partial charge in [-0.15, -0.1) is 12.4 Å². The second-order valence-electron chi connectivity index (χ2n) is 4.86. The lowest BCUT2D eigenvalue weighted by molar-refractivity contribution is 0.154. The van der Waals surface area contributed by atoms with E-state index in [1.165, 1.54) is 0 Å². The SMILES string of the molecule is COc1cccc([C@H](CCF)N2CCNCC2)c1OC.Cl. The van der Waals surface area contributed by atoms with Crippen LogP contribution in [0.5, 0.6) is 11.5 Å². The number of benzene rings is 1. The second-order valence-corrected chi connectivity index (χ2v) is 4.86. The smallest absolute Gasteiger partial charge is 0.165 e. The van der Waals surface area contributed by atoms with Gasteiger partial charge in [0.1, 0.15) is 0 Å². The van der Waals surface area contributed by atoms with Crippen LogP contribution in [0.3, 0.4) is 0 Å². The zero-order chi connectivity index (χ0) is 14.4. The molecule has 4 nitrogen and oxygen atoms in total. The number of hydrogen-bond acceptors (Lipinski definition) is 4. The lowest BCUT2D eigenvalue weighted by Gasteiger charge is -2.35. The average Bonchev–Trinajstić information content (AvgIpc) is 2.52. The first-order valence-corrected chi connectivity index (χ1v) is 7.03. The fraction of sp³-hybridized carbons (Fsp3) is 0.600. The van der Waals surface area contributed by atoms with Crippen molar-refractivity contribution in [1.29, 1.82) is 0 Å². The Hall–Kier alpha value is -1.04. The normalized spacial score (nSPS) is 16.9. The molecule has 0 bridgehead atoms. The second kappa shape index (κ2) is 9.07. The van der Waals surface area contributed by atoms with Crippen molar-refractivity contribution >= 4 is 12.4 Å². The number of rotatable bonds is 6. The maximum absolute atomic E-state index is 13.0. The zero-order valence-corrected chi connectivity index (χ0v) is 13.4.